The minimum atomic E-state index is -0.729. The van der Waals surface area contributed by atoms with Crippen LogP contribution in [0.2, 0.25) is 0 Å². The lowest BCUT2D eigenvalue weighted by Gasteiger charge is -2.26. The third-order valence-electron chi connectivity index (χ3n) is 10.1. The molecule has 57 heavy (non-hydrogen) atoms. The zero-order chi connectivity index (χ0) is 48.4. The van der Waals surface area contributed by atoms with Crippen molar-refractivity contribution in [2.75, 3.05) is 4.90 Å². The molecule has 10 aromatic carbocycles. The van der Waals surface area contributed by atoms with Crippen LogP contribution in [0.15, 0.2) is 236 Å². The quantitative estimate of drug-likeness (QED) is 0.150. The number of hydrogen-bond donors (Lipinski definition) is 0. The molecule has 0 saturated heterocycles. The normalized spacial score (nSPS) is 14.1. The van der Waals surface area contributed by atoms with Gasteiger partial charge in [-0.25, -0.2) is 0 Å². The maximum Gasteiger partial charge on any atom is 0.0651 e. The molecule has 1 heteroatoms. The van der Waals surface area contributed by atoms with Crippen molar-refractivity contribution in [1.82, 2.24) is 0 Å². The zero-order valence-electron chi connectivity index (χ0n) is 42.5. The van der Waals surface area contributed by atoms with Gasteiger partial charge in [0.1, 0.15) is 0 Å². The fourth-order valence-electron chi connectivity index (χ4n) is 7.27. The van der Waals surface area contributed by atoms with Gasteiger partial charge in [-0.2, -0.15) is 0 Å². The molecule has 1 nitrogen and oxygen atoms in total. The average molecular weight is 738 g/mol. The van der Waals surface area contributed by atoms with Crippen LogP contribution < -0.4 is 4.90 Å². The Morgan fingerprint density at radius 1 is 0.316 bits per heavy atom. The Labute approximate surface area is 351 Å². The maximum absolute atomic E-state index is 9.86. The first-order valence-corrected chi connectivity index (χ1v) is 18.6. The summed E-state index contributed by atoms with van der Waals surface area (Å²) in [5.41, 5.74) is 2.30. The number of rotatable bonds is 8. The van der Waals surface area contributed by atoms with E-state index in [4.69, 9.17) is 1.37 Å². The van der Waals surface area contributed by atoms with Crippen molar-refractivity contribution in [2.24, 2.45) is 0 Å². The van der Waals surface area contributed by atoms with E-state index in [2.05, 4.69) is 0 Å². The summed E-state index contributed by atoms with van der Waals surface area (Å²) in [6.07, 6.45) is 0. The molecule has 0 unspecified atom stereocenters. The molecule has 0 fully saturated rings. The van der Waals surface area contributed by atoms with Crippen LogP contribution in [0.1, 0.15) is 16.4 Å². The molecule has 0 atom stereocenters. The number of nitrogens with zero attached hydrogens (tertiary/aromatic N) is 1. The summed E-state index contributed by atoms with van der Waals surface area (Å²) < 4.78 is 115. The summed E-state index contributed by atoms with van der Waals surface area (Å²) in [5, 5.41) is 3.32. The summed E-state index contributed by atoms with van der Waals surface area (Å²) in [5.74, 6) is 0. The first-order valence-electron chi connectivity index (χ1n) is 24.6. The highest BCUT2D eigenvalue weighted by Crippen LogP contribution is 2.42. The Balaban J connectivity index is 1.28. The van der Waals surface area contributed by atoms with Gasteiger partial charge in [0.2, 0.25) is 0 Å². The molecule has 268 valence electrons. The predicted octanol–water partition coefficient (Wildman–Crippen LogP) is 15.8. The van der Waals surface area contributed by atoms with Crippen molar-refractivity contribution in [3.8, 4) is 55.6 Å². The highest BCUT2D eigenvalue weighted by Gasteiger charge is 2.17. The first-order chi connectivity index (χ1) is 33.3. The summed E-state index contributed by atoms with van der Waals surface area (Å²) in [7, 11) is 0. The number of benzene rings is 10. The second-order valence-electron chi connectivity index (χ2n) is 13.6. The van der Waals surface area contributed by atoms with Gasteiger partial charge in [0, 0.05) is 17.1 Å². The van der Waals surface area contributed by atoms with Crippen LogP contribution in [0.3, 0.4) is 0 Å². The molecule has 0 spiro atoms. The van der Waals surface area contributed by atoms with E-state index in [9.17, 15) is 15.1 Å². The summed E-state index contributed by atoms with van der Waals surface area (Å²) >= 11 is 0. The molecule has 10 rings (SSSR count). The van der Waals surface area contributed by atoms with Crippen LogP contribution in [-0.2, 0) is 0 Å². The standard InChI is InChI=1S/C56H39N/c1-3-13-40(14-4-1)47-20-11-21-48(37-47)42-27-32-51(33-28-42)57(53-23-12-22-49(39-53)50-26-25-41-15-7-8-19-46(41)38-50)52-34-29-44(30-35-52)55-36-31-43-16-9-10-24-54(43)56(55)45-17-5-2-6-18-45/h1-39H/i12D,22D,23D,27D,28D,29D,30D,32D,33D,34D,35D,39D. The molecule has 0 aliphatic heterocycles. The van der Waals surface area contributed by atoms with Crippen LogP contribution in [0.5, 0.6) is 0 Å². The van der Waals surface area contributed by atoms with E-state index in [0.717, 1.165) is 43.1 Å². The van der Waals surface area contributed by atoms with E-state index in [1.54, 1.807) is 42.5 Å². The number of hydrogen-bond acceptors (Lipinski definition) is 1. The van der Waals surface area contributed by atoms with E-state index in [1.807, 2.05) is 121 Å². The van der Waals surface area contributed by atoms with Crippen molar-refractivity contribution in [3.05, 3.63) is 236 Å². The van der Waals surface area contributed by atoms with E-state index < -0.39 is 89.6 Å². The molecular weight excluding hydrogens is 687 g/mol. The molecular formula is C56H39N. The highest BCUT2D eigenvalue weighted by atomic mass is 15.1. The van der Waals surface area contributed by atoms with Gasteiger partial charge in [-0.1, -0.05) is 188 Å². The van der Waals surface area contributed by atoms with Crippen molar-refractivity contribution in [3.63, 3.8) is 0 Å². The first kappa shape index (κ1) is 23.4. The van der Waals surface area contributed by atoms with E-state index in [0.29, 0.717) is 22.3 Å². The minimum absolute atomic E-state index is 0.0526. The predicted molar refractivity (Wildman–Crippen MR) is 243 cm³/mol. The van der Waals surface area contributed by atoms with Crippen LogP contribution in [0.4, 0.5) is 17.1 Å². The van der Waals surface area contributed by atoms with Gasteiger partial charge in [-0.3, -0.25) is 0 Å². The van der Waals surface area contributed by atoms with Gasteiger partial charge in [0.05, 0.1) is 16.4 Å². The van der Waals surface area contributed by atoms with Gasteiger partial charge in [-0.15, -0.1) is 0 Å². The molecule has 0 aliphatic carbocycles. The smallest absolute Gasteiger partial charge is 0.0651 e. The van der Waals surface area contributed by atoms with Gasteiger partial charge < -0.3 is 4.90 Å². The van der Waals surface area contributed by atoms with E-state index >= 15 is 0 Å². The average Bonchev–Trinajstić information content (AvgIpc) is 3.37. The second-order valence-corrected chi connectivity index (χ2v) is 13.6. The van der Waals surface area contributed by atoms with E-state index in [-0.39, 0.29) is 16.7 Å². The van der Waals surface area contributed by atoms with Crippen molar-refractivity contribution >= 4 is 38.6 Å². The Morgan fingerprint density at radius 2 is 0.877 bits per heavy atom. The lowest BCUT2D eigenvalue weighted by molar-refractivity contribution is 1.28. The Bertz CT molecular complexity index is 3650. The topological polar surface area (TPSA) is 3.24 Å². The van der Waals surface area contributed by atoms with E-state index in [1.165, 1.54) is 0 Å². The molecule has 0 bridgehead atoms. The third kappa shape index (κ3) is 6.77. The monoisotopic (exact) mass is 737 g/mol. The molecule has 10 aromatic rings. The van der Waals surface area contributed by atoms with Crippen LogP contribution >= 0.6 is 0 Å². The van der Waals surface area contributed by atoms with Crippen molar-refractivity contribution < 1.29 is 16.4 Å². The second kappa shape index (κ2) is 15.0. The van der Waals surface area contributed by atoms with Gasteiger partial charge >= 0.3 is 0 Å². The summed E-state index contributed by atoms with van der Waals surface area (Å²) in [6.45, 7) is 0. The van der Waals surface area contributed by atoms with Crippen molar-refractivity contribution in [2.45, 2.75) is 0 Å². The lowest BCUT2D eigenvalue weighted by atomic mass is 9.90. The Morgan fingerprint density at radius 3 is 1.61 bits per heavy atom. The highest BCUT2D eigenvalue weighted by molar-refractivity contribution is 6.04. The maximum atomic E-state index is 9.86. The molecule has 0 saturated carbocycles. The Hall–Kier alpha value is -7.48. The van der Waals surface area contributed by atoms with Gasteiger partial charge in [-0.05, 0) is 126 Å². The molecule has 0 heterocycles. The summed E-state index contributed by atoms with van der Waals surface area (Å²) in [6, 6.07) is 42.8. The molecule has 0 N–H and O–H groups in total. The molecule has 0 aromatic heterocycles. The largest absolute Gasteiger partial charge is 0.310 e. The zero-order valence-corrected chi connectivity index (χ0v) is 30.5. The van der Waals surface area contributed by atoms with Crippen molar-refractivity contribution in [1.29, 1.82) is 0 Å². The van der Waals surface area contributed by atoms with Crippen LogP contribution in [-0.4, -0.2) is 0 Å². The van der Waals surface area contributed by atoms with Crippen LogP contribution in [0.25, 0.3) is 77.2 Å². The van der Waals surface area contributed by atoms with Gasteiger partial charge in [0.15, 0.2) is 0 Å². The SMILES string of the molecule is [2H]c1c([2H])c(-c2ccc3ccccc3c2)c([2H])c(N(c2c([2H])c([2H])c(-c3cccc(-c4ccccc4)c3)c([2H])c2[2H])c2c([2H])c([2H])c(-c3ccc4ccccc4c3-c3ccccc3)c([2H])c2[2H])c1[2H]. The van der Waals surface area contributed by atoms with Gasteiger partial charge in [0.25, 0.3) is 0 Å². The molecule has 0 amide bonds. The lowest BCUT2D eigenvalue weighted by Crippen LogP contribution is -2.10. The minimum Gasteiger partial charge on any atom is -0.310 e. The van der Waals surface area contributed by atoms with Crippen LogP contribution in [0, 0.1) is 0 Å². The molecule has 0 radical (unpaired) electrons. The third-order valence-corrected chi connectivity index (χ3v) is 10.1. The fraction of sp³-hybridized carbons (Fsp3) is 0. The number of anilines is 3. The molecule has 0 aliphatic rings. The Kier molecular flexibility index (Phi) is 6.16. The number of fused-ring (bicyclic) bond motifs is 2. The fourth-order valence-corrected chi connectivity index (χ4v) is 7.27. The summed E-state index contributed by atoms with van der Waals surface area (Å²) in [4.78, 5) is 0.903.